The first kappa shape index (κ1) is 14.5. The molecule has 6 heteroatoms. The Morgan fingerprint density at radius 1 is 1.50 bits per heavy atom. The molecule has 0 aromatic heterocycles. The average molecular weight is 271 g/mol. The molecule has 18 heavy (non-hydrogen) atoms. The third kappa shape index (κ3) is 4.35. The maximum atomic E-state index is 11.5. The summed E-state index contributed by atoms with van der Waals surface area (Å²) in [5.41, 5.74) is 6.02. The molecule has 0 saturated heterocycles. The van der Waals surface area contributed by atoms with E-state index >= 15 is 0 Å². The number of nitrogens with one attached hydrogen (secondary N) is 1. The molecule has 5 nitrogen and oxygen atoms in total. The third-order valence-electron chi connectivity index (χ3n) is 2.31. The van der Waals surface area contributed by atoms with Crippen molar-refractivity contribution in [1.29, 1.82) is 0 Å². The van der Waals surface area contributed by atoms with Crippen LogP contribution in [0.4, 0.5) is 5.69 Å². The van der Waals surface area contributed by atoms with Crippen molar-refractivity contribution in [3.63, 3.8) is 0 Å². The van der Waals surface area contributed by atoms with Gasteiger partial charge in [-0.05, 0) is 31.5 Å². The van der Waals surface area contributed by atoms with Crippen LogP contribution in [0.5, 0.6) is 0 Å². The molecular weight excluding hydrogens is 256 g/mol. The number of halogens is 1. The van der Waals surface area contributed by atoms with Crippen molar-refractivity contribution in [2.45, 2.75) is 25.8 Å². The van der Waals surface area contributed by atoms with E-state index in [1.165, 1.54) is 18.2 Å². The van der Waals surface area contributed by atoms with Crippen molar-refractivity contribution >= 4 is 29.2 Å². The number of anilines is 1. The Morgan fingerprint density at radius 3 is 2.67 bits per heavy atom. The molecule has 98 valence electrons. The summed E-state index contributed by atoms with van der Waals surface area (Å²) in [5, 5.41) is 11.5. The predicted molar refractivity (Wildman–Crippen MR) is 69.9 cm³/mol. The van der Waals surface area contributed by atoms with Crippen LogP contribution in [0.15, 0.2) is 18.2 Å². The number of rotatable bonds is 5. The van der Waals surface area contributed by atoms with Gasteiger partial charge in [0.05, 0.1) is 10.6 Å². The second-order valence-electron chi connectivity index (χ2n) is 4.06. The summed E-state index contributed by atoms with van der Waals surface area (Å²) in [4.78, 5) is 22.3. The molecule has 0 saturated carbocycles. The van der Waals surface area contributed by atoms with E-state index < -0.39 is 5.97 Å². The Morgan fingerprint density at radius 2 is 2.17 bits per heavy atom. The second kappa shape index (κ2) is 6.37. The summed E-state index contributed by atoms with van der Waals surface area (Å²) in [6.45, 7) is 1.83. The van der Waals surface area contributed by atoms with Gasteiger partial charge in [0.25, 0.3) is 0 Å². The number of carboxylic acid groups (broad SMARTS) is 1. The highest BCUT2D eigenvalue weighted by molar-refractivity contribution is 6.33. The monoisotopic (exact) mass is 270 g/mol. The molecule has 1 aromatic rings. The average Bonchev–Trinajstić information content (AvgIpc) is 2.26. The molecule has 0 heterocycles. The van der Waals surface area contributed by atoms with Gasteiger partial charge in [-0.2, -0.15) is 0 Å². The smallest absolute Gasteiger partial charge is 0.337 e. The summed E-state index contributed by atoms with van der Waals surface area (Å²) in [6, 6.07) is 4.23. The van der Waals surface area contributed by atoms with E-state index in [1.807, 2.05) is 6.92 Å². The summed E-state index contributed by atoms with van der Waals surface area (Å²) in [7, 11) is 0. The van der Waals surface area contributed by atoms with Gasteiger partial charge in [0.1, 0.15) is 0 Å². The van der Waals surface area contributed by atoms with Gasteiger partial charge in [-0.3, -0.25) is 4.79 Å². The lowest BCUT2D eigenvalue weighted by Crippen LogP contribution is -2.19. The highest BCUT2D eigenvalue weighted by Crippen LogP contribution is 2.21. The van der Waals surface area contributed by atoms with Crippen LogP contribution in [0.1, 0.15) is 30.1 Å². The molecule has 0 aliphatic heterocycles. The summed E-state index contributed by atoms with van der Waals surface area (Å²) in [5.74, 6) is -1.28. The molecule has 0 aliphatic rings. The fraction of sp³-hybridized carbons (Fsp3) is 0.333. The standard InChI is InChI=1S/C12H15ClN2O3/c1-7(14)2-5-11(16)15-8-3-4-9(12(17)18)10(13)6-8/h3-4,6-7H,2,5,14H2,1H3,(H,15,16)(H,17,18). The summed E-state index contributed by atoms with van der Waals surface area (Å²) < 4.78 is 0. The zero-order valence-corrected chi connectivity index (χ0v) is 10.7. The number of amides is 1. The number of carbonyl (C=O) groups excluding carboxylic acids is 1. The van der Waals surface area contributed by atoms with Crippen molar-refractivity contribution in [3.05, 3.63) is 28.8 Å². The lowest BCUT2D eigenvalue weighted by Gasteiger charge is -2.08. The summed E-state index contributed by atoms with van der Waals surface area (Å²) >= 11 is 5.78. The highest BCUT2D eigenvalue weighted by atomic mass is 35.5. The molecule has 0 bridgehead atoms. The second-order valence-corrected chi connectivity index (χ2v) is 4.47. The molecule has 1 unspecified atom stereocenters. The Kier molecular flexibility index (Phi) is 5.12. The Hall–Kier alpha value is -1.59. The number of carbonyl (C=O) groups is 2. The minimum absolute atomic E-state index is 0.00486. The minimum Gasteiger partial charge on any atom is -0.478 e. The van der Waals surface area contributed by atoms with Crippen LogP contribution in [0, 0.1) is 0 Å². The first-order valence-corrected chi connectivity index (χ1v) is 5.86. The zero-order valence-electron chi connectivity index (χ0n) is 9.94. The minimum atomic E-state index is -1.10. The van der Waals surface area contributed by atoms with Gasteiger partial charge >= 0.3 is 5.97 Å². The lowest BCUT2D eigenvalue weighted by molar-refractivity contribution is -0.116. The molecule has 0 fully saturated rings. The van der Waals surface area contributed by atoms with Crippen LogP contribution in [0.2, 0.25) is 5.02 Å². The number of nitrogens with two attached hydrogens (primary N) is 1. The van der Waals surface area contributed by atoms with Gasteiger partial charge in [-0.1, -0.05) is 11.6 Å². The van der Waals surface area contributed by atoms with Crippen LogP contribution >= 0.6 is 11.6 Å². The molecule has 1 aromatic carbocycles. The predicted octanol–water partition coefficient (Wildman–Crippen LogP) is 2.10. The largest absolute Gasteiger partial charge is 0.478 e. The molecule has 0 spiro atoms. The normalized spacial score (nSPS) is 11.9. The van der Waals surface area contributed by atoms with Crippen molar-refractivity contribution < 1.29 is 14.7 Å². The Balaban J connectivity index is 2.66. The van der Waals surface area contributed by atoms with Crippen LogP contribution in [0.3, 0.4) is 0 Å². The van der Waals surface area contributed by atoms with Crippen LogP contribution in [0.25, 0.3) is 0 Å². The third-order valence-corrected chi connectivity index (χ3v) is 2.62. The first-order chi connectivity index (χ1) is 8.40. The van der Waals surface area contributed by atoms with Crippen molar-refractivity contribution in [1.82, 2.24) is 0 Å². The van der Waals surface area contributed by atoms with Crippen LogP contribution in [-0.2, 0) is 4.79 Å². The van der Waals surface area contributed by atoms with E-state index in [4.69, 9.17) is 22.4 Å². The van der Waals surface area contributed by atoms with Crippen LogP contribution in [-0.4, -0.2) is 23.0 Å². The van der Waals surface area contributed by atoms with Gasteiger partial charge < -0.3 is 16.2 Å². The van der Waals surface area contributed by atoms with Gasteiger partial charge in [0.15, 0.2) is 0 Å². The maximum absolute atomic E-state index is 11.5. The summed E-state index contributed by atoms with van der Waals surface area (Å²) in [6.07, 6.45) is 0.905. The maximum Gasteiger partial charge on any atom is 0.337 e. The van der Waals surface area contributed by atoms with Gasteiger partial charge in [-0.25, -0.2) is 4.79 Å². The SMILES string of the molecule is CC(N)CCC(=O)Nc1ccc(C(=O)O)c(Cl)c1. The van der Waals surface area contributed by atoms with Crippen molar-refractivity contribution in [2.75, 3.05) is 5.32 Å². The fourth-order valence-corrected chi connectivity index (χ4v) is 1.61. The Labute approximate surface area is 110 Å². The zero-order chi connectivity index (χ0) is 13.7. The van der Waals surface area contributed by atoms with E-state index in [-0.39, 0.29) is 22.5 Å². The van der Waals surface area contributed by atoms with Crippen molar-refractivity contribution in [3.8, 4) is 0 Å². The van der Waals surface area contributed by atoms with Gasteiger partial charge in [0.2, 0.25) is 5.91 Å². The number of carboxylic acids is 1. The number of hydrogen-bond acceptors (Lipinski definition) is 3. The van der Waals surface area contributed by atoms with E-state index in [9.17, 15) is 9.59 Å². The highest BCUT2D eigenvalue weighted by Gasteiger charge is 2.10. The molecular formula is C12H15ClN2O3. The van der Waals surface area contributed by atoms with Crippen molar-refractivity contribution in [2.24, 2.45) is 5.73 Å². The molecule has 1 amide bonds. The topological polar surface area (TPSA) is 92.4 Å². The first-order valence-electron chi connectivity index (χ1n) is 5.48. The van der Waals surface area contributed by atoms with E-state index in [2.05, 4.69) is 5.32 Å². The quantitative estimate of drug-likeness (QED) is 0.764. The molecule has 4 N–H and O–H groups in total. The molecule has 1 atom stereocenters. The van der Waals surface area contributed by atoms with Crippen LogP contribution < -0.4 is 11.1 Å². The lowest BCUT2D eigenvalue weighted by atomic mass is 10.1. The molecule has 0 radical (unpaired) electrons. The molecule has 0 aliphatic carbocycles. The number of benzene rings is 1. The number of hydrogen-bond donors (Lipinski definition) is 3. The Bertz CT molecular complexity index is 461. The number of aromatic carboxylic acids is 1. The fourth-order valence-electron chi connectivity index (χ4n) is 1.35. The van der Waals surface area contributed by atoms with Gasteiger partial charge in [0, 0.05) is 18.2 Å². The van der Waals surface area contributed by atoms with E-state index in [0.29, 0.717) is 18.5 Å². The van der Waals surface area contributed by atoms with Gasteiger partial charge in [-0.15, -0.1) is 0 Å². The molecule has 1 rings (SSSR count). The van der Waals surface area contributed by atoms with E-state index in [0.717, 1.165) is 0 Å². The van der Waals surface area contributed by atoms with E-state index in [1.54, 1.807) is 0 Å².